The van der Waals surface area contributed by atoms with E-state index in [0.717, 1.165) is 5.56 Å². The molecule has 1 N–H and O–H groups in total. The number of hydrogen-bond donors (Lipinski definition) is 1. The Morgan fingerprint density at radius 1 is 1.11 bits per heavy atom. The minimum atomic E-state index is -0.871. The molecule has 2 amide bonds. The molecular weight excluding hydrogens is 391 g/mol. The lowest BCUT2D eigenvalue weighted by Crippen LogP contribution is -2.36. The summed E-state index contributed by atoms with van der Waals surface area (Å²) in [4.78, 5) is 26.1. The third-order valence-electron chi connectivity index (χ3n) is 4.32. The average molecular weight is 409 g/mol. The van der Waals surface area contributed by atoms with Crippen molar-refractivity contribution >= 4 is 40.7 Å². The van der Waals surface area contributed by atoms with Gasteiger partial charge < -0.3 is 19.7 Å². The second-order valence-electron chi connectivity index (χ2n) is 6.04. The van der Waals surface area contributed by atoms with E-state index in [1.807, 2.05) is 6.07 Å². The number of nitrogens with one attached hydrogen (secondary N) is 1. The van der Waals surface area contributed by atoms with Crippen molar-refractivity contribution in [1.29, 1.82) is 0 Å². The van der Waals surface area contributed by atoms with E-state index < -0.39 is 6.04 Å². The maximum Gasteiger partial charge on any atom is 0.254 e. The summed E-state index contributed by atoms with van der Waals surface area (Å²) in [6, 6.07) is 7.76. The highest BCUT2D eigenvalue weighted by atomic mass is 35.5. The summed E-state index contributed by atoms with van der Waals surface area (Å²) in [5.41, 5.74) is 1.82. The SMILES string of the molecule is COc1ccc(CN2C(=O)[C@@H](NC(C)=O)c3c(Cl)ccc(Cl)c32)cc1OC. The minimum Gasteiger partial charge on any atom is -0.493 e. The maximum atomic E-state index is 13.0. The Kier molecular flexibility index (Phi) is 5.48. The average Bonchev–Trinajstić information content (AvgIpc) is 2.91. The highest BCUT2D eigenvalue weighted by Gasteiger charge is 2.41. The van der Waals surface area contributed by atoms with Gasteiger partial charge in [0.1, 0.15) is 6.04 Å². The number of halogens is 2. The van der Waals surface area contributed by atoms with Crippen molar-refractivity contribution in [3.05, 3.63) is 51.5 Å². The molecule has 1 atom stereocenters. The van der Waals surface area contributed by atoms with Crippen molar-refractivity contribution in [2.75, 3.05) is 19.1 Å². The lowest BCUT2D eigenvalue weighted by atomic mass is 10.1. The van der Waals surface area contributed by atoms with Crippen LogP contribution in [0.4, 0.5) is 5.69 Å². The van der Waals surface area contributed by atoms with Gasteiger partial charge in [-0.15, -0.1) is 0 Å². The Morgan fingerprint density at radius 2 is 1.78 bits per heavy atom. The molecule has 6 nitrogen and oxygen atoms in total. The zero-order valence-electron chi connectivity index (χ0n) is 15.0. The van der Waals surface area contributed by atoms with Crippen LogP contribution in [0, 0.1) is 0 Å². The van der Waals surface area contributed by atoms with Crippen LogP contribution in [0.15, 0.2) is 30.3 Å². The fourth-order valence-corrected chi connectivity index (χ4v) is 3.68. The van der Waals surface area contributed by atoms with Crippen LogP contribution in [-0.4, -0.2) is 26.0 Å². The van der Waals surface area contributed by atoms with Crippen molar-refractivity contribution in [3.8, 4) is 11.5 Å². The zero-order chi connectivity index (χ0) is 19.7. The van der Waals surface area contributed by atoms with E-state index in [2.05, 4.69) is 5.32 Å². The molecule has 2 aromatic rings. The fourth-order valence-electron chi connectivity index (χ4n) is 3.15. The monoisotopic (exact) mass is 408 g/mol. The van der Waals surface area contributed by atoms with Crippen molar-refractivity contribution in [1.82, 2.24) is 5.32 Å². The van der Waals surface area contributed by atoms with Crippen molar-refractivity contribution in [3.63, 3.8) is 0 Å². The number of methoxy groups -OCH3 is 2. The van der Waals surface area contributed by atoms with Gasteiger partial charge in [-0.2, -0.15) is 0 Å². The molecule has 27 heavy (non-hydrogen) atoms. The van der Waals surface area contributed by atoms with E-state index >= 15 is 0 Å². The topological polar surface area (TPSA) is 67.9 Å². The van der Waals surface area contributed by atoms with Gasteiger partial charge in [-0.1, -0.05) is 29.3 Å². The molecule has 0 radical (unpaired) electrons. The van der Waals surface area contributed by atoms with Gasteiger partial charge in [0, 0.05) is 17.5 Å². The number of ether oxygens (including phenoxy) is 2. The van der Waals surface area contributed by atoms with Gasteiger partial charge in [0.25, 0.3) is 5.91 Å². The van der Waals surface area contributed by atoms with Gasteiger partial charge in [0.05, 0.1) is 31.5 Å². The van der Waals surface area contributed by atoms with Gasteiger partial charge in [-0.05, 0) is 29.8 Å². The Balaban J connectivity index is 2.03. The van der Waals surface area contributed by atoms with E-state index in [-0.39, 0.29) is 18.4 Å². The summed E-state index contributed by atoms with van der Waals surface area (Å²) >= 11 is 12.7. The Bertz CT molecular complexity index is 917. The highest BCUT2D eigenvalue weighted by Crippen LogP contribution is 2.45. The molecule has 1 heterocycles. The number of carbonyl (C=O) groups is 2. The summed E-state index contributed by atoms with van der Waals surface area (Å²) in [7, 11) is 3.10. The van der Waals surface area contributed by atoms with Crippen molar-refractivity contribution in [2.45, 2.75) is 19.5 Å². The lowest BCUT2D eigenvalue weighted by molar-refractivity contribution is -0.126. The van der Waals surface area contributed by atoms with Gasteiger partial charge in [-0.25, -0.2) is 0 Å². The molecule has 2 aromatic carbocycles. The number of nitrogens with zero attached hydrogens (tertiary/aromatic N) is 1. The quantitative estimate of drug-likeness (QED) is 0.817. The Labute approximate surface area is 167 Å². The number of hydrogen-bond acceptors (Lipinski definition) is 4. The summed E-state index contributed by atoms with van der Waals surface area (Å²) in [6.45, 7) is 1.59. The Hall–Kier alpha value is -2.44. The van der Waals surface area contributed by atoms with Gasteiger partial charge in [-0.3, -0.25) is 9.59 Å². The van der Waals surface area contributed by atoms with Crippen LogP contribution in [-0.2, 0) is 16.1 Å². The summed E-state index contributed by atoms with van der Waals surface area (Å²) < 4.78 is 10.6. The third-order valence-corrected chi connectivity index (χ3v) is 4.96. The number of fused-ring (bicyclic) bond motifs is 1. The molecule has 0 fully saturated rings. The Morgan fingerprint density at radius 3 is 2.41 bits per heavy atom. The molecule has 8 heteroatoms. The van der Waals surface area contributed by atoms with Crippen LogP contribution in [0.5, 0.6) is 11.5 Å². The smallest absolute Gasteiger partial charge is 0.254 e. The largest absolute Gasteiger partial charge is 0.493 e. The van der Waals surface area contributed by atoms with Gasteiger partial charge in [0.2, 0.25) is 5.91 Å². The molecule has 0 aromatic heterocycles. The van der Waals surface area contributed by atoms with Crippen LogP contribution >= 0.6 is 23.2 Å². The number of benzene rings is 2. The first-order valence-corrected chi connectivity index (χ1v) is 8.90. The fraction of sp³-hybridized carbons (Fsp3) is 0.263. The molecule has 0 spiro atoms. The molecular formula is C19H18Cl2N2O4. The lowest BCUT2D eigenvalue weighted by Gasteiger charge is -2.20. The highest BCUT2D eigenvalue weighted by molar-refractivity contribution is 6.38. The van der Waals surface area contributed by atoms with Crippen LogP contribution < -0.4 is 19.7 Å². The number of rotatable bonds is 5. The zero-order valence-corrected chi connectivity index (χ0v) is 16.5. The summed E-state index contributed by atoms with van der Waals surface area (Å²) in [5, 5.41) is 3.41. The van der Waals surface area contributed by atoms with Crippen LogP contribution in [0.2, 0.25) is 10.0 Å². The van der Waals surface area contributed by atoms with Crippen LogP contribution in [0.25, 0.3) is 0 Å². The molecule has 0 unspecified atom stereocenters. The molecule has 1 aliphatic rings. The van der Waals surface area contributed by atoms with E-state index in [0.29, 0.717) is 32.8 Å². The molecule has 1 aliphatic heterocycles. The molecule has 0 aliphatic carbocycles. The predicted octanol–water partition coefficient (Wildman–Crippen LogP) is 3.73. The van der Waals surface area contributed by atoms with Gasteiger partial charge in [0.15, 0.2) is 11.5 Å². The summed E-state index contributed by atoms with van der Waals surface area (Å²) in [5.74, 6) is 0.511. The van der Waals surface area contributed by atoms with E-state index in [1.165, 1.54) is 11.8 Å². The van der Waals surface area contributed by atoms with Crippen LogP contribution in [0.1, 0.15) is 24.1 Å². The minimum absolute atomic E-state index is 0.238. The van der Waals surface area contributed by atoms with Gasteiger partial charge >= 0.3 is 0 Å². The standard InChI is InChI=1S/C19H18Cl2N2O4/c1-10(24)22-17-16-12(20)5-6-13(21)18(16)23(19(17)25)9-11-4-7-14(26-2)15(8-11)27-3/h4-8,17H,9H2,1-3H3,(H,22,24)/t17-/m0/s1. The first kappa shape index (κ1) is 19.3. The van der Waals surface area contributed by atoms with Crippen LogP contribution in [0.3, 0.4) is 0 Å². The van der Waals surface area contributed by atoms with E-state index in [4.69, 9.17) is 32.7 Å². The number of anilines is 1. The van der Waals surface area contributed by atoms with Crippen molar-refractivity contribution in [2.24, 2.45) is 0 Å². The third kappa shape index (κ3) is 3.55. The first-order chi connectivity index (χ1) is 12.9. The second kappa shape index (κ2) is 7.66. The molecule has 0 saturated heterocycles. The van der Waals surface area contributed by atoms with E-state index in [9.17, 15) is 9.59 Å². The molecule has 3 rings (SSSR count). The molecule has 0 saturated carbocycles. The maximum absolute atomic E-state index is 13.0. The number of amides is 2. The molecule has 142 valence electrons. The number of carbonyl (C=O) groups excluding carboxylic acids is 2. The van der Waals surface area contributed by atoms with E-state index in [1.54, 1.807) is 38.5 Å². The summed E-state index contributed by atoms with van der Waals surface area (Å²) in [6.07, 6.45) is 0. The molecule has 0 bridgehead atoms. The normalized spacial score (nSPS) is 15.5. The van der Waals surface area contributed by atoms with Crippen molar-refractivity contribution < 1.29 is 19.1 Å². The second-order valence-corrected chi connectivity index (χ2v) is 6.85. The first-order valence-electron chi connectivity index (χ1n) is 8.14. The predicted molar refractivity (Wildman–Crippen MR) is 104 cm³/mol.